The van der Waals surface area contributed by atoms with Crippen LogP contribution in [-0.2, 0) is 0 Å². The van der Waals surface area contributed by atoms with Crippen molar-refractivity contribution in [2.75, 3.05) is 12.4 Å². The zero-order chi connectivity index (χ0) is 19.7. The van der Waals surface area contributed by atoms with Crippen LogP contribution in [0.25, 0.3) is 16.7 Å². The van der Waals surface area contributed by atoms with Crippen LogP contribution in [0.4, 0.5) is 10.1 Å². The summed E-state index contributed by atoms with van der Waals surface area (Å²) < 4.78 is 20.9. The van der Waals surface area contributed by atoms with E-state index in [4.69, 9.17) is 4.74 Å². The smallest absolute Gasteiger partial charge is 0.256 e. The summed E-state index contributed by atoms with van der Waals surface area (Å²) in [5, 5.41) is 2.80. The Morgan fingerprint density at radius 3 is 2.64 bits per heavy atom. The Morgan fingerprint density at radius 2 is 1.89 bits per heavy atom. The van der Waals surface area contributed by atoms with Crippen molar-refractivity contribution in [3.05, 3.63) is 83.9 Å². The highest BCUT2D eigenvalue weighted by atomic mass is 19.1. The van der Waals surface area contributed by atoms with E-state index in [2.05, 4.69) is 10.3 Å². The van der Waals surface area contributed by atoms with Crippen LogP contribution in [0.1, 0.15) is 15.9 Å². The van der Waals surface area contributed by atoms with Gasteiger partial charge in [0, 0.05) is 23.0 Å². The third-order valence-electron chi connectivity index (χ3n) is 4.67. The standard InChI is InChI=1S/C22H18FN3O2/c1-14-18(4-3-5-19(14)23)22(27)25-15-6-8-16(9-7-15)26-13-24-20-12-17(28-2)10-11-21(20)26/h3-13H,1-2H3,(H,25,27). The minimum Gasteiger partial charge on any atom is -0.497 e. The van der Waals surface area contributed by atoms with Gasteiger partial charge in [0.2, 0.25) is 0 Å². The van der Waals surface area contributed by atoms with Crippen LogP contribution in [0.3, 0.4) is 0 Å². The Kier molecular flexibility index (Phi) is 4.53. The van der Waals surface area contributed by atoms with Gasteiger partial charge in [-0.25, -0.2) is 9.37 Å². The molecule has 0 spiro atoms. The highest BCUT2D eigenvalue weighted by Crippen LogP contribution is 2.23. The summed E-state index contributed by atoms with van der Waals surface area (Å²) in [7, 11) is 1.62. The second-order valence-corrected chi connectivity index (χ2v) is 6.38. The van der Waals surface area contributed by atoms with E-state index < -0.39 is 5.82 Å². The number of benzene rings is 3. The second kappa shape index (κ2) is 7.15. The van der Waals surface area contributed by atoms with Crippen molar-refractivity contribution in [2.24, 2.45) is 0 Å². The van der Waals surface area contributed by atoms with Crippen LogP contribution < -0.4 is 10.1 Å². The molecule has 5 nitrogen and oxygen atoms in total. The summed E-state index contributed by atoms with van der Waals surface area (Å²) in [6.07, 6.45) is 1.74. The van der Waals surface area contributed by atoms with Crippen molar-refractivity contribution in [3.8, 4) is 11.4 Å². The van der Waals surface area contributed by atoms with Gasteiger partial charge in [-0.1, -0.05) is 6.07 Å². The Balaban J connectivity index is 1.57. The maximum atomic E-state index is 13.7. The molecular formula is C22H18FN3O2. The van der Waals surface area contributed by atoms with Crippen molar-refractivity contribution in [1.29, 1.82) is 0 Å². The van der Waals surface area contributed by atoms with Gasteiger partial charge in [0.1, 0.15) is 17.9 Å². The summed E-state index contributed by atoms with van der Waals surface area (Å²) in [5.41, 5.74) is 3.97. The van der Waals surface area contributed by atoms with Gasteiger partial charge in [-0.3, -0.25) is 9.36 Å². The van der Waals surface area contributed by atoms with Crippen molar-refractivity contribution in [3.63, 3.8) is 0 Å². The Bertz CT molecular complexity index is 1170. The van der Waals surface area contributed by atoms with E-state index >= 15 is 0 Å². The lowest BCUT2D eigenvalue weighted by Gasteiger charge is -2.10. The van der Waals surface area contributed by atoms with Gasteiger partial charge in [-0.2, -0.15) is 0 Å². The summed E-state index contributed by atoms with van der Waals surface area (Å²) in [5.74, 6) is 0.0139. The van der Waals surface area contributed by atoms with E-state index in [1.54, 1.807) is 38.6 Å². The minimum absolute atomic E-state index is 0.318. The SMILES string of the molecule is COc1ccc2c(c1)ncn2-c1ccc(NC(=O)c2cccc(F)c2C)cc1. The predicted molar refractivity (Wildman–Crippen MR) is 107 cm³/mol. The molecule has 1 aromatic heterocycles. The lowest BCUT2D eigenvalue weighted by Crippen LogP contribution is -2.14. The number of carbonyl (C=O) groups is 1. The molecule has 4 rings (SSSR count). The molecule has 6 heteroatoms. The topological polar surface area (TPSA) is 56.1 Å². The van der Waals surface area contributed by atoms with Crippen LogP contribution in [0.5, 0.6) is 5.75 Å². The molecule has 3 aromatic carbocycles. The van der Waals surface area contributed by atoms with Crippen LogP contribution in [0.15, 0.2) is 67.0 Å². The van der Waals surface area contributed by atoms with Crippen LogP contribution in [-0.4, -0.2) is 22.6 Å². The number of methoxy groups -OCH3 is 1. The van der Waals surface area contributed by atoms with Gasteiger partial charge < -0.3 is 10.1 Å². The van der Waals surface area contributed by atoms with E-state index in [1.807, 2.05) is 34.9 Å². The fourth-order valence-electron chi connectivity index (χ4n) is 3.08. The number of halogens is 1. The minimum atomic E-state index is -0.397. The zero-order valence-corrected chi connectivity index (χ0v) is 15.4. The summed E-state index contributed by atoms with van der Waals surface area (Å²) in [4.78, 5) is 16.8. The van der Waals surface area contributed by atoms with E-state index in [1.165, 1.54) is 12.1 Å². The van der Waals surface area contributed by atoms with Crippen molar-refractivity contribution < 1.29 is 13.9 Å². The summed E-state index contributed by atoms with van der Waals surface area (Å²) in [6.45, 7) is 1.59. The number of hydrogen-bond donors (Lipinski definition) is 1. The van der Waals surface area contributed by atoms with Gasteiger partial charge in [-0.05, 0) is 61.0 Å². The number of fused-ring (bicyclic) bond motifs is 1. The molecule has 0 saturated heterocycles. The normalized spacial score (nSPS) is 10.8. The molecule has 1 N–H and O–H groups in total. The molecule has 0 unspecified atom stereocenters. The molecule has 0 fully saturated rings. The van der Waals surface area contributed by atoms with Crippen molar-refractivity contribution >= 4 is 22.6 Å². The van der Waals surface area contributed by atoms with E-state index in [9.17, 15) is 9.18 Å². The zero-order valence-electron chi connectivity index (χ0n) is 15.4. The average Bonchev–Trinajstić information content (AvgIpc) is 3.13. The lowest BCUT2D eigenvalue weighted by molar-refractivity contribution is 0.102. The van der Waals surface area contributed by atoms with Gasteiger partial charge in [0.15, 0.2) is 0 Å². The molecule has 4 aromatic rings. The first-order valence-electron chi connectivity index (χ1n) is 8.75. The molecule has 0 radical (unpaired) electrons. The maximum Gasteiger partial charge on any atom is 0.256 e. The molecule has 28 heavy (non-hydrogen) atoms. The quantitative estimate of drug-likeness (QED) is 0.561. The highest BCUT2D eigenvalue weighted by molar-refractivity contribution is 6.05. The van der Waals surface area contributed by atoms with Crippen LogP contribution in [0, 0.1) is 12.7 Å². The van der Waals surface area contributed by atoms with E-state index in [0.29, 0.717) is 16.8 Å². The number of carbonyl (C=O) groups excluding carboxylic acids is 1. The number of anilines is 1. The number of amides is 1. The summed E-state index contributed by atoms with van der Waals surface area (Å²) >= 11 is 0. The highest BCUT2D eigenvalue weighted by Gasteiger charge is 2.12. The third-order valence-corrected chi connectivity index (χ3v) is 4.67. The molecule has 0 saturated carbocycles. The molecule has 0 aliphatic rings. The first-order valence-corrected chi connectivity index (χ1v) is 8.75. The van der Waals surface area contributed by atoms with Crippen LogP contribution >= 0.6 is 0 Å². The number of ether oxygens (including phenoxy) is 1. The number of rotatable bonds is 4. The number of nitrogens with one attached hydrogen (secondary N) is 1. The number of hydrogen-bond acceptors (Lipinski definition) is 3. The van der Waals surface area contributed by atoms with E-state index in [-0.39, 0.29) is 5.91 Å². The molecule has 0 bridgehead atoms. The molecule has 0 aliphatic carbocycles. The molecule has 140 valence electrons. The number of imidazole rings is 1. The van der Waals surface area contributed by atoms with Gasteiger partial charge in [0.25, 0.3) is 5.91 Å². The number of nitrogens with zero attached hydrogens (tertiary/aromatic N) is 2. The molecule has 1 heterocycles. The number of aromatic nitrogens is 2. The van der Waals surface area contributed by atoms with Crippen LogP contribution in [0.2, 0.25) is 0 Å². The first-order chi connectivity index (χ1) is 13.6. The van der Waals surface area contributed by atoms with Crippen molar-refractivity contribution in [1.82, 2.24) is 9.55 Å². The lowest BCUT2D eigenvalue weighted by atomic mass is 10.1. The summed E-state index contributed by atoms with van der Waals surface area (Å²) in [6, 6.07) is 17.6. The van der Waals surface area contributed by atoms with Gasteiger partial charge in [-0.15, -0.1) is 0 Å². The predicted octanol–water partition coefficient (Wildman–Crippen LogP) is 4.73. The van der Waals surface area contributed by atoms with E-state index in [0.717, 1.165) is 22.5 Å². The monoisotopic (exact) mass is 375 g/mol. The maximum absolute atomic E-state index is 13.7. The first kappa shape index (κ1) is 17.7. The Labute approximate surface area is 161 Å². The average molecular weight is 375 g/mol. The fraction of sp³-hybridized carbons (Fsp3) is 0.0909. The van der Waals surface area contributed by atoms with Crippen molar-refractivity contribution in [2.45, 2.75) is 6.92 Å². The third kappa shape index (κ3) is 3.20. The Hall–Kier alpha value is -3.67. The molecule has 0 atom stereocenters. The second-order valence-electron chi connectivity index (χ2n) is 6.38. The molecular weight excluding hydrogens is 357 g/mol. The fourth-order valence-corrected chi connectivity index (χ4v) is 3.08. The van der Waals surface area contributed by atoms with Gasteiger partial charge in [0.05, 0.1) is 18.1 Å². The molecule has 0 aliphatic heterocycles. The largest absolute Gasteiger partial charge is 0.497 e. The Morgan fingerprint density at radius 1 is 1.11 bits per heavy atom. The molecule has 1 amide bonds. The van der Waals surface area contributed by atoms with Gasteiger partial charge >= 0.3 is 0 Å².